The second-order valence-electron chi connectivity index (χ2n) is 10.6. The summed E-state index contributed by atoms with van der Waals surface area (Å²) in [5, 5.41) is 3.00. The minimum atomic E-state index is -3.80. The number of rotatable bonds is 13. The molecule has 0 radical (unpaired) electrons. The van der Waals surface area contributed by atoms with Crippen molar-refractivity contribution in [2.75, 3.05) is 23.7 Å². The van der Waals surface area contributed by atoms with Crippen molar-refractivity contribution in [3.05, 3.63) is 101 Å². The fraction of sp³-hybridized carbons (Fsp3) is 0.375. The molecule has 0 saturated carbocycles. The molecule has 2 amide bonds. The Morgan fingerprint density at radius 1 is 0.900 bits per heavy atom. The molecule has 0 heterocycles. The molecule has 0 aliphatic rings. The van der Waals surface area contributed by atoms with Gasteiger partial charge in [-0.1, -0.05) is 99.1 Å². The van der Waals surface area contributed by atoms with Gasteiger partial charge in [-0.25, -0.2) is 8.42 Å². The van der Waals surface area contributed by atoms with Crippen LogP contribution in [0.25, 0.3) is 0 Å². The van der Waals surface area contributed by atoms with Crippen LogP contribution in [0.1, 0.15) is 43.0 Å². The van der Waals surface area contributed by atoms with Gasteiger partial charge in [0.15, 0.2) is 0 Å². The van der Waals surface area contributed by atoms with Crippen LogP contribution in [-0.2, 0) is 39.0 Å². The molecule has 0 fully saturated rings. The molecule has 0 aliphatic carbocycles. The van der Waals surface area contributed by atoms with Gasteiger partial charge >= 0.3 is 0 Å². The summed E-state index contributed by atoms with van der Waals surface area (Å²) in [5.74, 6) is -0.481. The summed E-state index contributed by atoms with van der Waals surface area (Å²) in [6.07, 6.45) is 2.01. The number of carbonyl (C=O) groups excluding carboxylic acids is 2. The number of benzene rings is 3. The maximum Gasteiger partial charge on any atom is 0.244 e. The Bertz CT molecular complexity index is 1390. The number of hydrogen-bond donors (Lipinski definition) is 1. The molecule has 40 heavy (non-hydrogen) atoms. The first kappa shape index (κ1) is 30.9. The predicted molar refractivity (Wildman–Crippen MR) is 162 cm³/mol. The smallest absolute Gasteiger partial charge is 0.244 e. The highest BCUT2D eigenvalue weighted by atomic mass is 32.2. The maximum absolute atomic E-state index is 14.2. The largest absolute Gasteiger partial charge is 0.354 e. The Labute approximate surface area is 239 Å². The fourth-order valence-corrected chi connectivity index (χ4v) is 5.51. The molecule has 0 aromatic heterocycles. The first-order chi connectivity index (χ1) is 19.0. The number of hydrogen-bond acceptors (Lipinski definition) is 4. The number of aryl methyl sites for hydroxylation is 2. The molecule has 1 atom stereocenters. The van der Waals surface area contributed by atoms with Crippen LogP contribution in [0.2, 0.25) is 0 Å². The zero-order chi connectivity index (χ0) is 29.3. The highest BCUT2D eigenvalue weighted by Crippen LogP contribution is 2.24. The normalized spacial score (nSPS) is 12.2. The Morgan fingerprint density at radius 3 is 2.17 bits per heavy atom. The fourth-order valence-electron chi connectivity index (χ4n) is 4.63. The summed E-state index contributed by atoms with van der Waals surface area (Å²) < 4.78 is 27.2. The van der Waals surface area contributed by atoms with Crippen molar-refractivity contribution in [1.82, 2.24) is 10.2 Å². The van der Waals surface area contributed by atoms with Crippen LogP contribution < -0.4 is 9.62 Å². The van der Waals surface area contributed by atoms with Crippen LogP contribution in [-0.4, -0.2) is 50.5 Å². The number of carbonyl (C=O) groups is 2. The second-order valence-corrected chi connectivity index (χ2v) is 12.5. The van der Waals surface area contributed by atoms with Crippen LogP contribution >= 0.6 is 0 Å². The summed E-state index contributed by atoms with van der Waals surface area (Å²) in [6, 6.07) is 23.7. The van der Waals surface area contributed by atoms with E-state index in [1.807, 2.05) is 94.4 Å². The van der Waals surface area contributed by atoms with E-state index in [0.717, 1.165) is 32.8 Å². The number of nitrogens with zero attached hydrogens (tertiary/aromatic N) is 2. The maximum atomic E-state index is 14.2. The van der Waals surface area contributed by atoms with Gasteiger partial charge in [-0.3, -0.25) is 13.9 Å². The molecule has 3 aromatic carbocycles. The minimum absolute atomic E-state index is 0.167. The Morgan fingerprint density at radius 2 is 1.55 bits per heavy atom. The lowest BCUT2D eigenvalue weighted by molar-refractivity contribution is -0.140. The van der Waals surface area contributed by atoms with Gasteiger partial charge in [0.25, 0.3) is 0 Å². The van der Waals surface area contributed by atoms with Crippen LogP contribution in [0.4, 0.5) is 5.69 Å². The first-order valence-corrected chi connectivity index (χ1v) is 15.6. The van der Waals surface area contributed by atoms with E-state index in [-0.39, 0.29) is 18.4 Å². The first-order valence-electron chi connectivity index (χ1n) is 13.7. The van der Waals surface area contributed by atoms with Gasteiger partial charge in [-0.2, -0.15) is 0 Å². The molecule has 8 heteroatoms. The summed E-state index contributed by atoms with van der Waals surface area (Å²) >= 11 is 0. The van der Waals surface area contributed by atoms with Crippen LogP contribution in [0, 0.1) is 12.8 Å². The van der Waals surface area contributed by atoms with Crippen LogP contribution in [0.15, 0.2) is 78.9 Å². The van der Waals surface area contributed by atoms with Crippen molar-refractivity contribution in [2.45, 2.75) is 53.1 Å². The van der Waals surface area contributed by atoms with Crippen molar-refractivity contribution >= 4 is 27.5 Å². The third-order valence-corrected chi connectivity index (χ3v) is 7.84. The van der Waals surface area contributed by atoms with Gasteiger partial charge in [0.1, 0.15) is 12.6 Å². The highest BCUT2D eigenvalue weighted by Gasteiger charge is 2.33. The van der Waals surface area contributed by atoms with Crippen molar-refractivity contribution in [3.63, 3.8) is 0 Å². The summed E-state index contributed by atoms with van der Waals surface area (Å²) in [6.45, 7) is 8.16. The summed E-state index contributed by atoms with van der Waals surface area (Å²) in [4.78, 5) is 29.4. The molecule has 0 spiro atoms. The monoisotopic (exact) mass is 563 g/mol. The molecular formula is C32H41N3O4S. The Hall–Kier alpha value is -3.65. The second kappa shape index (κ2) is 14.1. The quantitative estimate of drug-likeness (QED) is 0.326. The van der Waals surface area contributed by atoms with E-state index in [2.05, 4.69) is 5.32 Å². The number of nitrogens with one attached hydrogen (secondary N) is 1. The highest BCUT2D eigenvalue weighted by molar-refractivity contribution is 7.92. The van der Waals surface area contributed by atoms with Crippen molar-refractivity contribution in [2.24, 2.45) is 5.92 Å². The van der Waals surface area contributed by atoms with Crippen molar-refractivity contribution in [1.29, 1.82) is 0 Å². The Kier molecular flexibility index (Phi) is 10.9. The number of para-hydroxylation sites is 1. The number of sulfonamides is 1. The van der Waals surface area contributed by atoms with Gasteiger partial charge in [-0.05, 0) is 42.0 Å². The molecule has 7 nitrogen and oxygen atoms in total. The van der Waals surface area contributed by atoms with Gasteiger partial charge in [0, 0.05) is 19.5 Å². The third-order valence-electron chi connectivity index (χ3n) is 6.71. The molecule has 214 valence electrons. The zero-order valence-corrected chi connectivity index (χ0v) is 24.9. The zero-order valence-electron chi connectivity index (χ0n) is 24.1. The number of anilines is 1. The predicted octanol–water partition coefficient (Wildman–Crippen LogP) is 4.74. The van der Waals surface area contributed by atoms with Gasteiger partial charge in [-0.15, -0.1) is 0 Å². The lowest BCUT2D eigenvalue weighted by atomic mass is 10.0. The van der Waals surface area contributed by atoms with Crippen molar-refractivity contribution in [3.8, 4) is 0 Å². The third kappa shape index (κ3) is 8.68. The minimum Gasteiger partial charge on any atom is -0.354 e. The van der Waals surface area contributed by atoms with E-state index >= 15 is 0 Å². The van der Waals surface area contributed by atoms with Crippen LogP contribution in [0.5, 0.6) is 0 Å². The molecule has 0 aliphatic heterocycles. The molecule has 1 N–H and O–H groups in total. The van der Waals surface area contributed by atoms with E-state index in [1.54, 1.807) is 12.1 Å². The van der Waals surface area contributed by atoms with E-state index in [9.17, 15) is 18.0 Å². The molecule has 1 unspecified atom stereocenters. The molecule has 3 aromatic rings. The van der Waals surface area contributed by atoms with Crippen LogP contribution in [0.3, 0.4) is 0 Å². The average molecular weight is 564 g/mol. The van der Waals surface area contributed by atoms with E-state index in [0.29, 0.717) is 25.1 Å². The lowest BCUT2D eigenvalue weighted by Crippen LogP contribution is -2.53. The summed E-state index contributed by atoms with van der Waals surface area (Å²) in [5.41, 5.74) is 4.10. The van der Waals surface area contributed by atoms with Crippen molar-refractivity contribution < 1.29 is 18.0 Å². The molecular weight excluding hydrogens is 522 g/mol. The van der Waals surface area contributed by atoms with E-state index in [4.69, 9.17) is 0 Å². The summed E-state index contributed by atoms with van der Waals surface area (Å²) in [7, 11) is -3.80. The molecule has 3 rings (SSSR count). The molecule has 0 bridgehead atoms. The van der Waals surface area contributed by atoms with E-state index < -0.39 is 28.5 Å². The topological polar surface area (TPSA) is 86.8 Å². The van der Waals surface area contributed by atoms with E-state index in [1.165, 1.54) is 4.90 Å². The molecule has 0 saturated heterocycles. The lowest BCUT2D eigenvalue weighted by Gasteiger charge is -2.34. The Balaban J connectivity index is 2.07. The SMILES string of the molecule is CCc1ccccc1N(CC(=O)N(Cc1cccc(C)c1)C(Cc1ccccc1)C(=O)NCC(C)C)S(C)(=O)=O. The average Bonchev–Trinajstić information content (AvgIpc) is 2.92. The standard InChI is InChI=1S/C32H41N3O4S/c1-6-28-17-10-11-18-29(28)35(40(5,38)39)23-31(36)34(22-27-16-12-13-25(4)19-27)30(32(37)33-21-24(2)3)20-26-14-8-7-9-15-26/h7-19,24,30H,6,20-23H2,1-5H3,(H,33,37). The van der Waals surface area contributed by atoms with Gasteiger partial charge < -0.3 is 10.2 Å². The van der Waals surface area contributed by atoms with Gasteiger partial charge in [0.2, 0.25) is 21.8 Å². The number of amides is 2. The van der Waals surface area contributed by atoms with Gasteiger partial charge in [0.05, 0.1) is 11.9 Å².